The predicted octanol–water partition coefficient (Wildman–Crippen LogP) is 5.40. The molecule has 0 saturated carbocycles. The molecule has 128 valence electrons. The zero-order valence-corrected chi connectivity index (χ0v) is 14.8. The summed E-state index contributed by atoms with van der Waals surface area (Å²) in [7, 11) is 0. The van der Waals surface area contributed by atoms with Gasteiger partial charge in [0.05, 0.1) is 13.2 Å². The zero-order chi connectivity index (χ0) is 17.3. The maximum atomic E-state index is 5.79. The van der Waals surface area contributed by atoms with E-state index in [0.717, 1.165) is 19.7 Å². The molecule has 2 heteroatoms. The third-order valence-electron chi connectivity index (χ3n) is 4.32. The molecule has 0 aromatic heterocycles. The molecule has 0 unspecified atom stereocenters. The lowest BCUT2D eigenvalue weighted by Gasteiger charge is -2.24. The maximum Gasteiger partial charge on any atom is 0.0651 e. The van der Waals surface area contributed by atoms with Gasteiger partial charge in [0.25, 0.3) is 0 Å². The van der Waals surface area contributed by atoms with Gasteiger partial charge >= 0.3 is 0 Å². The Bertz CT molecular complexity index is 805. The highest BCUT2D eigenvalue weighted by Crippen LogP contribution is 2.26. The summed E-state index contributed by atoms with van der Waals surface area (Å²) in [5.41, 5.74) is 2.49. The van der Waals surface area contributed by atoms with E-state index in [1.165, 1.54) is 22.0 Å². The van der Waals surface area contributed by atoms with E-state index in [2.05, 4.69) is 78.6 Å². The molecule has 2 nitrogen and oxygen atoms in total. The maximum absolute atomic E-state index is 5.79. The van der Waals surface area contributed by atoms with Gasteiger partial charge in [0, 0.05) is 24.2 Å². The highest BCUT2D eigenvalue weighted by Gasteiger charge is 2.07. The fourth-order valence-electron chi connectivity index (χ4n) is 3.01. The van der Waals surface area contributed by atoms with Crippen LogP contribution >= 0.6 is 0 Å². The average Bonchev–Trinajstić information content (AvgIpc) is 2.68. The van der Waals surface area contributed by atoms with Crippen molar-refractivity contribution in [3.63, 3.8) is 0 Å². The molecule has 0 saturated heterocycles. The second kappa shape index (κ2) is 9.05. The Kier molecular flexibility index (Phi) is 6.24. The third-order valence-corrected chi connectivity index (χ3v) is 4.32. The van der Waals surface area contributed by atoms with Gasteiger partial charge in [-0.2, -0.15) is 0 Å². The Labute approximate surface area is 150 Å². The normalized spacial score (nSPS) is 11.2. The number of benzene rings is 3. The smallest absolute Gasteiger partial charge is 0.0651 e. The van der Waals surface area contributed by atoms with Crippen molar-refractivity contribution < 1.29 is 4.74 Å². The lowest BCUT2D eigenvalue weighted by atomic mass is 10.1. The summed E-state index contributed by atoms with van der Waals surface area (Å²) in [6, 6.07) is 25.3. The summed E-state index contributed by atoms with van der Waals surface area (Å²) >= 11 is 0. The highest BCUT2D eigenvalue weighted by molar-refractivity contribution is 5.94. The van der Waals surface area contributed by atoms with E-state index >= 15 is 0 Å². The van der Waals surface area contributed by atoms with Gasteiger partial charge in [-0.3, -0.25) is 0 Å². The van der Waals surface area contributed by atoms with Crippen LogP contribution in [0.15, 0.2) is 78.9 Å². The molecule has 0 fully saturated rings. The minimum absolute atomic E-state index is 0.641. The van der Waals surface area contributed by atoms with Gasteiger partial charge < -0.3 is 9.64 Å². The summed E-state index contributed by atoms with van der Waals surface area (Å²) in [6.07, 6.45) is 4.17. The van der Waals surface area contributed by atoms with Crippen LogP contribution in [0.1, 0.15) is 12.5 Å². The summed E-state index contributed by atoms with van der Waals surface area (Å²) in [5.74, 6) is 0. The first-order chi connectivity index (χ1) is 12.4. The molecule has 0 aliphatic carbocycles. The van der Waals surface area contributed by atoms with Crippen LogP contribution in [-0.2, 0) is 4.74 Å². The van der Waals surface area contributed by atoms with Gasteiger partial charge in [-0.1, -0.05) is 78.9 Å². The molecule has 3 aromatic rings. The number of ether oxygens (including phenoxy) is 1. The first-order valence-electron chi connectivity index (χ1n) is 8.90. The molecule has 0 radical (unpaired) electrons. The van der Waals surface area contributed by atoms with Crippen LogP contribution in [-0.4, -0.2) is 26.3 Å². The first kappa shape index (κ1) is 17.2. The molecule has 0 aliphatic rings. The van der Waals surface area contributed by atoms with Gasteiger partial charge in [0.1, 0.15) is 0 Å². The molecule has 0 aliphatic heterocycles. The van der Waals surface area contributed by atoms with E-state index in [4.69, 9.17) is 4.74 Å². The second-order valence-corrected chi connectivity index (χ2v) is 5.97. The van der Waals surface area contributed by atoms with Crippen LogP contribution in [0.2, 0.25) is 0 Å². The fraction of sp³-hybridized carbons (Fsp3) is 0.217. The van der Waals surface area contributed by atoms with E-state index < -0.39 is 0 Å². The molecule has 0 amide bonds. The van der Waals surface area contributed by atoms with E-state index in [9.17, 15) is 0 Å². The molecule has 3 rings (SSSR count). The van der Waals surface area contributed by atoms with E-state index in [-0.39, 0.29) is 0 Å². The van der Waals surface area contributed by atoms with Crippen molar-refractivity contribution in [2.45, 2.75) is 6.92 Å². The Morgan fingerprint density at radius 1 is 0.880 bits per heavy atom. The third kappa shape index (κ3) is 4.71. The Morgan fingerprint density at radius 3 is 2.48 bits per heavy atom. The van der Waals surface area contributed by atoms with Crippen LogP contribution in [0.4, 0.5) is 5.69 Å². The number of nitrogens with zero attached hydrogens (tertiary/aromatic N) is 1. The molecular weight excluding hydrogens is 306 g/mol. The number of anilines is 1. The van der Waals surface area contributed by atoms with Crippen LogP contribution in [0.3, 0.4) is 0 Å². The molecular formula is C23H25NO. The minimum Gasteiger partial charge on any atom is -0.376 e. The topological polar surface area (TPSA) is 12.5 Å². The number of fused-ring (bicyclic) bond motifs is 1. The SMILES string of the molecule is CCN(CCOCC=Cc1ccccc1)c1cccc2ccccc12. The van der Waals surface area contributed by atoms with E-state index in [1.54, 1.807) is 0 Å². The lowest BCUT2D eigenvalue weighted by Crippen LogP contribution is -2.27. The van der Waals surface area contributed by atoms with E-state index in [1.807, 2.05) is 18.2 Å². The molecule has 0 heterocycles. The van der Waals surface area contributed by atoms with Gasteiger partial charge in [0.15, 0.2) is 0 Å². The van der Waals surface area contributed by atoms with Crippen molar-refractivity contribution in [1.82, 2.24) is 0 Å². The van der Waals surface area contributed by atoms with Gasteiger partial charge in [-0.15, -0.1) is 0 Å². The number of hydrogen-bond acceptors (Lipinski definition) is 2. The van der Waals surface area contributed by atoms with Crippen molar-refractivity contribution in [3.05, 3.63) is 84.4 Å². The molecule has 0 bridgehead atoms. The number of likely N-dealkylation sites (N-methyl/N-ethyl adjacent to an activating group) is 1. The van der Waals surface area contributed by atoms with Crippen molar-refractivity contribution in [1.29, 1.82) is 0 Å². The molecule has 0 atom stereocenters. The van der Waals surface area contributed by atoms with Gasteiger partial charge in [-0.05, 0) is 23.9 Å². The van der Waals surface area contributed by atoms with Crippen LogP contribution < -0.4 is 4.90 Å². The highest BCUT2D eigenvalue weighted by atomic mass is 16.5. The Morgan fingerprint density at radius 2 is 1.64 bits per heavy atom. The van der Waals surface area contributed by atoms with Crippen LogP contribution in [0.25, 0.3) is 16.8 Å². The minimum atomic E-state index is 0.641. The monoisotopic (exact) mass is 331 g/mol. The molecule has 3 aromatic carbocycles. The van der Waals surface area contributed by atoms with Crippen molar-refractivity contribution in [3.8, 4) is 0 Å². The standard InChI is InChI=1S/C23H25NO/c1-2-24(23-16-8-14-21-13-6-7-15-22(21)23)17-19-25-18-9-12-20-10-4-3-5-11-20/h3-16H,2,17-19H2,1H3. The number of rotatable bonds is 8. The predicted molar refractivity (Wildman–Crippen MR) is 108 cm³/mol. The summed E-state index contributed by atoms with van der Waals surface area (Å²) in [4.78, 5) is 2.38. The first-order valence-corrected chi connectivity index (χ1v) is 8.90. The van der Waals surface area contributed by atoms with Crippen LogP contribution in [0.5, 0.6) is 0 Å². The van der Waals surface area contributed by atoms with E-state index in [0.29, 0.717) is 6.61 Å². The summed E-state index contributed by atoms with van der Waals surface area (Å²) < 4.78 is 5.79. The van der Waals surface area contributed by atoms with Gasteiger partial charge in [0.2, 0.25) is 0 Å². The molecule has 0 N–H and O–H groups in total. The summed E-state index contributed by atoms with van der Waals surface area (Å²) in [5, 5.41) is 2.58. The van der Waals surface area contributed by atoms with Crippen molar-refractivity contribution in [2.75, 3.05) is 31.2 Å². The van der Waals surface area contributed by atoms with Crippen molar-refractivity contribution >= 4 is 22.5 Å². The fourth-order valence-corrected chi connectivity index (χ4v) is 3.01. The number of hydrogen-bond donors (Lipinski definition) is 0. The quantitative estimate of drug-likeness (QED) is 0.513. The summed E-state index contributed by atoms with van der Waals surface area (Å²) in [6.45, 7) is 5.41. The van der Waals surface area contributed by atoms with Gasteiger partial charge in [-0.25, -0.2) is 0 Å². The van der Waals surface area contributed by atoms with Crippen LogP contribution in [0, 0.1) is 0 Å². The molecule has 25 heavy (non-hydrogen) atoms. The zero-order valence-electron chi connectivity index (χ0n) is 14.8. The average molecular weight is 331 g/mol. The Balaban J connectivity index is 1.53. The second-order valence-electron chi connectivity index (χ2n) is 5.97. The largest absolute Gasteiger partial charge is 0.376 e. The van der Waals surface area contributed by atoms with Crippen molar-refractivity contribution in [2.24, 2.45) is 0 Å². The molecule has 0 spiro atoms. The lowest BCUT2D eigenvalue weighted by molar-refractivity contribution is 0.169. The Hall–Kier alpha value is -2.58.